The summed E-state index contributed by atoms with van der Waals surface area (Å²) in [6.45, 7) is 10.4. The molecule has 0 aliphatic heterocycles. The Bertz CT molecular complexity index is 310. The average Bonchev–Trinajstić information content (AvgIpc) is 2.47. The van der Waals surface area contributed by atoms with E-state index in [4.69, 9.17) is 0 Å². The quantitative estimate of drug-likeness (QED) is 0.465. The van der Waals surface area contributed by atoms with Gasteiger partial charge < -0.3 is 10.2 Å². The van der Waals surface area contributed by atoms with E-state index in [0.29, 0.717) is 0 Å². The summed E-state index contributed by atoms with van der Waals surface area (Å²) in [5.74, 6) is 1.20. The van der Waals surface area contributed by atoms with Crippen LogP contribution in [-0.2, 0) is 0 Å². The highest BCUT2D eigenvalue weighted by atomic mass is 32.2. The second-order valence-electron chi connectivity index (χ2n) is 5.11. The lowest BCUT2D eigenvalue weighted by Gasteiger charge is -2.20. The minimum Gasteiger partial charge on any atom is -0.315 e. The van der Waals surface area contributed by atoms with Gasteiger partial charge in [-0.3, -0.25) is 0 Å². The Kier molecular flexibility index (Phi) is 10.7. The Labute approximate surface area is 129 Å². The number of nitrogens with zero attached hydrogens (tertiary/aromatic N) is 1. The molecule has 0 heterocycles. The number of nitrogens with one attached hydrogen (secondary N) is 1. The van der Waals surface area contributed by atoms with Crippen LogP contribution in [0.2, 0.25) is 0 Å². The van der Waals surface area contributed by atoms with Crippen LogP contribution in [0.15, 0.2) is 35.2 Å². The van der Waals surface area contributed by atoms with Gasteiger partial charge in [0.05, 0.1) is 0 Å². The first-order chi connectivity index (χ1) is 9.86. The fraction of sp³-hybridized carbons (Fsp3) is 0.647. The van der Waals surface area contributed by atoms with Crippen molar-refractivity contribution >= 4 is 11.8 Å². The molecule has 0 saturated heterocycles. The molecule has 0 bridgehead atoms. The molecular formula is C17H30N2S. The number of hydrogen-bond acceptors (Lipinski definition) is 3. The van der Waals surface area contributed by atoms with E-state index in [0.717, 1.165) is 13.1 Å². The van der Waals surface area contributed by atoms with Gasteiger partial charge in [-0.1, -0.05) is 32.0 Å². The summed E-state index contributed by atoms with van der Waals surface area (Å²) >= 11 is 1.95. The fourth-order valence-corrected chi connectivity index (χ4v) is 3.11. The molecule has 0 amide bonds. The van der Waals surface area contributed by atoms with E-state index in [1.165, 1.54) is 49.5 Å². The Morgan fingerprint density at radius 3 is 2.30 bits per heavy atom. The monoisotopic (exact) mass is 294 g/mol. The highest BCUT2D eigenvalue weighted by Gasteiger charge is 2.01. The van der Waals surface area contributed by atoms with Gasteiger partial charge in [0.1, 0.15) is 0 Å². The van der Waals surface area contributed by atoms with Crippen molar-refractivity contribution in [2.75, 3.05) is 38.5 Å². The summed E-state index contributed by atoms with van der Waals surface area (Å²) in [6.07, 6.45) is 3.75. The number of benzene rings is 1. The van der Waals surface area contributed by atoms with Crippen molar-refractivity contribution in [2.24, 2.45) is 0 Å². The summed E-state index contributed by atoms with van der Waals surface area (Å²) in [6, 6.07) is 10.7. The molecule has 1 aromatic carbocycles. The van der Waals surface area contributed by atoms with Gasteiger partial charge in [-0.15, -0.1) is 11.8 Å². The van der Waals surface area contributed by atoms with Crippen LogP contribution >= 0.6 is 11.8 Å². The van der Waals surface area contributed by atoms with Gasteiger partial charge in [0.15, 0.2) is 0 Å². The molecule has 114 valence electrons. The van der Waals surface area contributed by atoms with Crippen molar-refractivity contribution in [2.45, 2.75) is 38.0 Å². The van der Waals surface area contributed by atoms with E-state index in [2.05, 4.69) is 54.4 Å². The lowest BCUT2D eigenvalue weighted by Crippen LogP contribution is -2.33. The van der Waals surface area contributed by atoms with Gasteiger partial charge in [-0.05, 0) is 56.8 Å². The van der Waals surface area contributed by atoms with E-state index in [-0.39, 0.29) is 0 Å². The minimum absolute atomic E-state index is 1.12. The Morgan fingerprint density at radius 2 is 1.65 bits per heavy atom. The molecule has 0 aromatic heterocycles. The molecule has 0 radical (unpaired) electrons. The third kappa shape index (κ3) is 8.62. The van der Waals surface area contributed by atoms with E-state index < -0.39 is 0 Å². The molecule has 0 aliphatic carbocycles. The minimum atomic E-state index is 1.12. The van der Waals surface area contributed by atoms with Crippen molar-refractivity contribution in [1.29, 1.82) is 0 Å². The van der Waals surface area contributed by atoms with Crippen LogP contribution in [0.1, 0.15) is 33.1 Å². The van der Waals surface area contributed by atoms with Crippen LogP contribution in [0.5, 0.6) is 0 Å². The molecule has 1 N–H and O–H groups in total. The lowest BCUT2D eigenvalue weighted by molar-refractivity contribution is 0.274. The van der Waals surface area contributed by atoms with Crippen LogP contribution in [0.25, 0.3) is 0 Å². The highest BCUT2D eigenvalue weighted by molar-refractivity contribution is 7.99. The first-order valence-corrected chi connectivity index (χ1v) is 8.96. The molecule has 0 aliphatic rings. The molecule has 0 spiro atoms. The van der Waals surface area contributed by atoms with E-state index in [1.807, 2.05) is 11.8 Å². The maximum absolute atomic E-state index is 3.56. The maximum atomic E-state index is 3.56. The average molecular weight is 295 g/mol. The molecule has 1 aromatic rings. The van der Waals surface area contributed by atoms with Crippen molar-refractivity contribution in [1.82, 2.24) is 10.2 Å². The van der Waals surface area contributed by atoms with Crippen LogP contribution in [0, 0.1) is 0 Å². The topological polar surface area (TPSA) is 15.3 Å². The zero-order valence-electron chi connectivity index (χ0n) is 13.1. The van der Waals surface area contributed by atoms with E-state index >= 15 is 0 Å². The molecule has 0 atom stereocenters. The zero-order valence-corrected chi connectivity index (χ0v) is 13.9. The van der Waals surface area contributed by atoms with Gasteiger partial charge in [0, 0.05) is 18.0 Å². The molecule has 0 unspecified atom stereocenters. The third-order valence-corrected chi connectivity index (χ3v) is 4.29. The highest BCUT2D eigenvalue weighted by Crippen LogP contribution is 2.17. The molecule has 0 fully saturated rings. The van der Waals surface area contributed by atoms with Crippen molar-refractivity contribution in [3.05, 3.63) is 30.3 Å². The van der Waals surface area contributed by atoms with Crippen LogP contribution in [0.3, 0.4) is 0 Å². The van der Waals surface area contributed by atoms with Crippen LogP contribution in [0.4, 0.5) is 0 Å². The van der Waals surface area contributed by atoms with Gasteiger partial charge in [0.25, 0.3) is 0 Å². The summed E-state index contributed by atoms with van der Waals surface area (Å²) < 4.78 is 0. The summed E-state index contributed by atoms with van der Waals surface area (Å²) in [5.41, 5.74) is 0. The van der Waals surface area contributed by atoms with E-state index in [9.17, 15) is 0 Å². The Hall–Kier alpha value is -0.510. The molecule has 1 rings (SSSR count). The molecule has 2 nitrogen and oxygen atoms in total. The van der Waals surface area contributed by atoms with Crippen molar-refractivity contribution in [3.8, 4) is 0 Å². The van der Waals surface area contributed by atoms with Crippen LogP contribution in [-0.4, -0.2) is 43.4 Å². The summed E-state index contributed by atoms with van der Waals surface area (Å²) in [7, 11) is 0. The molecule has 0 saturated carbocycles. The SMILES string of the molecule is CCCN(CCC)CCNCCCSc1ccccc1. The van der Waals surface area contributed by atoms with Crippen molar-refractivity contribution in [3.63, 3.8) is 0 Å². The molecule has 20 heavy (non-hydrogen) atoms. The first-order valence-electron chi connectivity index (χ1n) is 7.97. The van der Waals surface area contributed by atoms with Gasteiger partial charge >= 0.3 is 0 Å². The standard InChI is InChI=1S/C17H30N2S/c1-3-13-19(14-4-2)15-12-18-11-8-16-20-17-9-6-5-7-10-17/h5-7,9-10,18H,3-4,8,11-16H2,1-2H3. The number of thioether (sulfide) groups is 1. The fourth-order valence-electron chi connectivity index (χ4n) is 2.23. The second-order valence-corrected chi connectivity index (χ2v) is 6.28. The summed E-state index contributed by atoms with van der Waals surface area (Å²) in [4.78, 5) is 3.94. The van der Waals surface area contributed by atoms with Gasteiger partial charge in [-0.2, -0.15) is 0 Å². The first kappa shape index (κ1) is 17.5. The summed E-state index contributed by atoms with van der Waals surface area (Å²) in [5, 5.41) is 3.56. The molecule has 3 heteroatoms. The van der Waals surface area contributed by atoms with Gasteiger partial charge in [-0.25, -0.2) is 0 Å². The Morgan fingerprint density at radius 1 is 0.950 bits per heavy atom. The molecular weight excluding hydrogens is 264 g/mol. The predicted octanol–water partition coefficient (Wildman–Crippen LogP) is 3.88. The van der Waals surface area contributed by atoms with Crippen LogP contribution < -0.4 is 5.32 Å². The van der Waals surface area contributed by atoms with Crippen molar-refractivity contribution < 1.29 is 0 Å². The largest absolute Gasteiger partial charge is 0.315 e. The predicted molar refractivity (Wildman–Crippen MR) is 91.7 cm³/mol. The lowest BCUT2D eigenvalue weighted by atomic mass is 10.3. The van der Waals surface area contributed by atoms with E-state index in [1.54, 1.807) is 0 Å². The normalized spacial score (nSPS) is 11.2. The second kappa shape index (κ2) is 12.2. The number of hydrogen-bond donors (Lipinski definition) is 1. The maximum Gasteiger partial charge on any atom is 0.0107 e. The Balaban J connectivity index is 1.96. The smallest absolute Gasteiger partial charge is 0.0107 e. The zero-order chi connectivity index (χ0) is 14.5. The van der Waals surface area contributed by atoms with Gasteiger partial charge in [0.2, 0.25) is 0 Å². The number of rotatable bonds is 12. The third-order valence-electron chi connectivity index (χ3n) is 3.19.